The number of anilines is 2. The molecule has 0 unspecified atom stereocenters. The van der Waals surface area contributed by atoms with Gasteiger partial charge in [0, 0.05) is 19.0 Å². The van der Waals surface area contributed by atoms with Crippen molar-refractivity contribution in [2.24, 2.45) is 5.92 Å². The Kier molecular flexibility index (Phi) is 5.05. The molecule has 0 aromatic carbocycles. The van der Waals surface area contributed by atoms with E-state index in [0.717, 1.165) is 25.7 Å². The van der Waals surface area contributed by atoms with Gasteiger partial charge in [-0.05, 0) is 25.7 Å². The first-order chi connectivity index (χ1) is 10.5. The Morgan fingerprint density at radius 3 is 2.55 bits per heavy atom. The number of nitrogens with two attached hydrogens (primary N) is 1. The number of carbonyl (C=O) groups is 1. The summed E-state index contributed by atoms with van der Waals surface area (Å²) in [6.45, 7) is 4.80. The van der Waals surface area contributed by atoms with Gasteiger partial charge in [0.15, 0.2) is 5.69 Å². The first-order valence-corrected chi connectivity index (χ1v) is 7.95. The Balaban J connectivity index is 2.48. The summed E-state index contributed by atoms with van der Waals surface area (Å²) in [6, 6.07) is 0. The molecule has 1 aliphatic carbocycles. The van der Waals surface area contributed by atoms with Gasteiger partial charge in [-0.1, -0.05) is 20.3 Å². The number of hydrogen-bond acceptors (Lipinski definition) is 4. The molecule has 3 N–H and O–H groups in total. The molecule has 0 aliphatic heterocycles. The predicted octanol–water partition coefficient (Wildman–Crippen LogP) is 1.07. The third kappa shape index (κ3) is 3.23. The SMILES string of the molecule is CCCCn1c(N)c(N(CCC)C(=O)C2CC2)c(=O)[nH]c1=O. The molecule has 1 heterocycles. The van der Waals surface area contributed by atoms with E-state index < -0.39 is 11.2 Å². The van der Waals surface area contributed by atoms with Crippen LogP contribution in [-0.2, 0) is 11.3 Å². The van der Waals surface area contributed by atoms with Crippen molar-refractivity contribution in [1.82, 2.24) is 9.55 Å². The van der Waals surface area contributed by atoms with E-state index >= 15 is 0 Å². The summed E-state index contributed by atoms with van der Waals surface area (Å²) in [5.74, 6) is 0.00533. The molecule has 7 heteroatoms. The van der Waals surface area contributed by atoms with E-state index in [-0.39, 0.29) is 23.3 Å². The van der Waals surface area contributed by atoms with Crippen LogP contribution in [-0.4, -0.2) is 22.0 Å². The van der Waals surface area contributed by atoms with E-state index in [1.54, 1.807) is 0 Å². The van der Waals surface area contributed by atoms with Gasteiger partial charge in [0.1, 0.15) is 5.82 Å². The summed E-state index contributed by atoms with van der Waals surface area (Å²) in [7, 11) is 0. The topological polar surface area (TPSA) is 101 Å². The summed E-state index contributed by atoms with van der Waals surface area (Å²) >= 11 is 0. The lowest BCUT2D eigenvalue weighted by Crippen LogP contribution is -2.42. The van der Waals surface area contributed by atoms with Crippen molar-refractivity contribution in [2.45, 2.75) is 52.5 Å². The number of aromatic amines is 1. The minimum Gasteiger partial charge on any atom is -0.383 e. The molecule has 22 heavy (non-hydrogen) atoms. The highest BCUT2D eigenvalue weighted by Crippen LogP contribution is 2.33. The molecule has 7 nitrogen and oxygen atoms in total. The van der Waals surface area contributed by atoms with E-state index in [0.29, 0.717) is 19.5 Å². The molecule has 0 atom stereocenters. The Bertz CT molecular complexity index is 658. The van der Waals surface area contributed by atoms with Crippen molar-refractivity contribution in [2.75, 3.05) is 17.2 Å². The van der Waals surface area contributed by atoms with Crippen LogP contribution in [0.15, 0.2) is 9.59 Å². The van der Waals surface area contributed by atoms with Crippen molar-refractivity contribution in [3.8, 4) is 0 Å². The van der Waals surface area contributed by atoms with Crippen molar-refractivity contribution >= 4 is 17.4 Å². The number of nitrogens with zero attached hydrogens (tertiary/aromatic N) is 2. The molecule has 1 fully saturated rings. The highest BCUT2D eigenvalue weighted by atomic mass is 16.2. The summed E-state index contributed by atoms with van der Waals surface area (Å²) < 4.78 is 1.35. The number of nitrogen functional groups attached to an aromatic ring is 1. The fraction of sp³-hybridized carbons (Fsp3) is 0.667. The van der Waals surface area contributed by atoms with E-state index in [4.69, 9.17) is 5.73 Å². The first-order valence-electron chi connectivity index (χ1n) is 7.95. The van der Waals surface area contributed by atoms with Crippen molar-refractivity contribution < 1.29 is 4.79 Å². The largest absolute Gasteiger partial charge is 0.383 e. The van der Waals surface area contributed by atoms with Crippen LogP contribution >= 0.6 is 0 Å². The maximum Gasteiger partial charge on any atom is 0.330 e. The molecule has 1 aromatic rings. The second-order valence-corrected chi connectivity index (χ2v) is 5.76. The van der Waals surface area contributed by atoms with Crippen LogP contribution in [0.4, 0.5) is 11.5 Å². The minimum absolute atomic E-state index is 0.0126. The number of aromatic nitrogens is 2. The number of H-pyrrole nitrogens is 1. The van der Waals surface area contributed by atoms with E-state index in [1.165, 1.54) is 9.47 Å². The molecule has 0 radical (unpaired) electrons. The standard InChI is InChI=1S/C15H24N4O3/c1-3-5-9-19-12(16)11(13(20)17-15(19)22)18(8-4-2)14(21)10-6-7-10/h10H,3-9,16H2,1-2H3,(H,17,20,22). The van der Waals surface area contributed by atoms with Gasteiger partial charge in [0.25, 0.3) is 5.56 Å². The lowest BCUT2D eigenvalue weighted by Gasteiger charge is -2.24. The van der Waals surface area contributed by atoms with Crippen LogP contribution in [0, 0.1) is 5.92 Å². The predicted molar refractivity (Wildman–Crippen MR) is 86.0 cm³/mol. The van der Waals surface area contributed by atoms with Gasteiger partial charge < -0.3 is 10.6 Å². The van der Waals surface area contributed by atoms with Gasteiger partial charge in [0.2, 0.25) is 5.91 Å². The van der Waals surface area contributed by atoms with Gasteiger partial charge in [0.05, 0.1) is 0 Å². The summed E-state index contributed by atoms with van der Waals surface area (Å²) in [4.78, 5) is 40.3. The lowest BCUT2D eigenvalue weighted by atomic mass is 10.2. The smallest absolute Gasteiger partial charge is 0.330 e. The zero-order valence-corrected chi connectivity index (χ0v) is 13.2. The lowest BCUT2D eigenvalue weighted by molar-refractivity contribution is -0.119. The second kappa shape index (κ2) is 6.81. The van der Waals surface area contributed by atoms with Gasteiger partial charge >= 0.3 is 5.69 Å². The zero-order chi connectivity index (χ0) is 16.3. The number of amides is 1. The maximum absolute atomic E-state index is 12.4. The molecule has 0 bridgehead atoms. The van der Waals surface area contributed by atoms with Crippen molar-refractivity contribution in [1.29, 1.82) is 0 Å². The number of carbonyl (C=O) groups excluding carboxylic acids is 1. The van der Waals surface area contributed by atoms with Crippen LogP contribution in [0.5, 0.6) is 0 Å². The van der Waals surface area contributed by atoms with Crippen molar-refractivity contribution in [3.05, 3.63) is 20.8 Å². The molecule has 0 spiro atoms. The number of nitrogens with one attached hydrogen (secondary N) is 1. The monoisotopic (exact) mass is 308 g/mol. The van der Waals surface area contributed by atoms with Crippen molar-refractivity contribution in [3.63, 3.8) is 0 Å². The molecule has 1 saturated carbocycles. The first kappa shape index (κ1) is 16.3. The Morgan fingerprint density at radius 2 is 2.00 bits per heavy atom. The van der Waals surface area contributed by atoms with E-state index in [9.17, 15) is 14.4 Å². The van der Waals surface area contributed by atoms with Crippen LogP contribution < -0.4 is 21.9 Å². The quantitative estimate of drug-likeness (QED) is 0.786. The van der Waals surface area contributed by atoms with Crippen LogP contribution in [0.3, 0.4) is 0 Å². The van der Waals surface area contributed by atoms with Gasteiger partial charge in [-0.2, -0.15) is 0 Å². The van der Waals surface area contributed by atoms with Gasteiger partial charge in [-0.25, -0.2) is 4.79 Å². The molecule has 1 aliphatic rings. The molecule has 2 rings (SSSR count). The Hall–Kier alpha value is -2.05. The number of hydrogen-bond donors (Lipinski definition) is 2. The van der Waals surface area contributed by atoms with Crippen LogP contribution in [0.25, 0.3) is 0 Å². The van der Waals surface area contributed by atoms with Crippen LogP contribution in [0.2, 0.25) is 0 Å². The van der Waals surface area contributed by atoms with Crippen LogP contribution in [0.1, 0.15) is 46.0 Å². The molecular formula is C15H24N4O3. The third-order valence-corrected chi connectivity index (χ3v) is 3.86. The average Bonchev–Trinajstić information content (AvgIpc) is 3.29. The van der Waals surface area contributed by atoms with Gasteiger partial charge in [-0.15, -0.1) is 0 Å². The zero-order valence-electron chi connectivity index (χ0n) is 13.2. The number of rotatable bonds is 7. The highest BCUT2D eigenvalue weighted by molar-refractivity contribution is 5.98. The second-order valence-electron chi connectivity index (χ2n) is 5.76. The summed E-state index contributed by atoms with van der Waals surface area (Å²) in [5.41, 5.74) is 5.08. The third-order valence-electron chi connectivity index (χ3n) is 3.86. The Morgan fingerprint density at radius 1 is 1.32 bits per heavy atom. The molecule has 1 amide bonds. The molecule has 122 valence electrons. The summed E-state index contributed by atoms with van der Waals surface area (Å²) in [5, 5.41) is 0. The molecule has 1 aromatic heterocycles. The van der Waals surface area contributed by atoms with E-state index in [1.807, 2.05) is 13.8 Å². The van der Waals surface area contributed by atoms with Gasteiger partial charge in [-0.3, -0.25) is 19.1 Å². The summed E-state index contributed by atoms with van der Waals surface area (Å²) in [6.07, 6.45) is 4.10. The normalized spacial score (nSPS) is 14.1. The number of unbranched alkanes of at least 4 members (excludes halogenated alkanes) is 1. The minimum atomic E-state index is -0.585. The fourth-order valence-corrected chi connectivity index (χ4v) is 2.48. The fourth-order valence-electron chi connectivity index (χ4n) is 2.48. The molecular weight excluding hydrogens is 284 g/mol. The maximum atomic E-state index is 12.4. The average molecular weight is 308 g/mol. The van der Waals surface area contributed by atoms with E-state index in [2.05, 4.69) is 4.98 Å². The Labute approximate surface area is 129 Å². The highest BCUT2D eigenvalue weighted by Gasteiger charge is 2.35. The molecule has 0 saturated heterocycles.